The summed E-state index contributed by atoms with van der Waals surface area (Å²) in [6, 6.07) is 10.7. The molecule has 1 atom stereocenters. The highest BCUT2D eigenvalue weighted by Gasteiger charge is 2.20. The molecule has 1 unspecified atom stereocenters. The van der Waals surface area contributed by atoms with Crippen molar-refractivity contribution in [1.82, 2.24) is 15.8 Å². The van der Waals surface area contributed by atoms with Crippen LogP contribution in [-0.2, 0) is 0 Å². The molecule has 0 fully saturated rings. The van der Waals surface area contributed by atoms with E-state index < -0.39 is 16.7 Å². The van der Waals surface area contributed by atoms with Gasteiger partial charge < -0.3 is 9.73 Å². The van der Waals surface area contributed by atoms with E-state index in [-0.39, 0.29) is 28.5 Å². The van der Waals surface area contributed by atoms with Gasteiger partial charge in [0.15, 0.2) is 0 Å². The molecule has 0 saturated carbocycles. The number of aryl methyl sites for hydroxylation is 2. The van der Waals surface area contributed by atoms with Crippen LogP contribution in [0.3, 0.4) is 0 Å². The molecule has 10 nitrogen and oxygen atoms in total. The van der Waals surface area contributed by atoms with E-state index in [1.165, 1.54) is 12.1 Å². The quantitative estimate of drug-likeness (QED) is 0.407. The highest BCUT2D eigenvalue weighted by Crippen LogP contribution is 2.28. The van der Waals surface area contributed by atoms with Crippen LogP contribution >= 0.6 is 0 Å². The summed E-state index contributed by atoms with van der Waals surface area (Å²) in [6.45, 7) is 5.15. The van der Waals surface area contributed by atoms with Gasteiger partial charge in [0.25, 0.3) is 17.5 Å². The second-order valence-corrected chi connectivity index (χ2v) is 6.84. The van der Waals surface area contributed by atoms with Crippen LogP contribution in [0, 0.1) is 24.0 Å². The average molecular weight is 423 g/mol. The SMILES string of the molecule is Cc1cc(C(=O)NNC(=O)c2ccc(NC(C)c3ccccn3)c([N+](=O)[O-])c2)c(C)o1. The van der Waals surface area contributed by atoms with Crippen molar-refractivity contribution in [2.24, 2.45) is 0 Å². The average Bonchev–Trinajstić information content (AvgIpc) is 3.10. The lowest BCUT2D eigenvalue weighted by atomic mass is 10.1. The number of benzene rings is 1. The minimum atomic E-state index is -0.696. The van der Waals surface area contributed by atoms with Crippen molar-refractivity contribution in [3.8, 4) is 0 Å². The molecule has 2 heterocycles. The second kappa shape index (κ2) is 9.08. The maximum absolute atomic E-state index is 12.4. The van der Waals surface area contributed by atoms with Crippen molar-refractivity contribution in [3.05, 3.63) is 87.1 Å². The van der Waals surface area contributed by atoms with Gasteiger partial charge in [-0.05, 0) is 51.1 Å². The Morgan fingerprint density at radius 1 is 1.10 bits per heavy atom. The summed E-state index contributed by atoms with van der Waals surface area (Å²) < 4.78 is 5.29. The zero-order chi connectivity index (χ0) is 22.5. The molecule has 3 N–H and O–H groups in total. The number of nitro benzene ring substituents is 1. The summed E-state index contributed by atoms with van der Waals surface area (Å²) in [4.78, 5) is 39.8. The van der Waals surface area contributed by atoms with E-state index in [0.717, 1.165) is 6.07 Å². The van der Waals surface area contributed by atoms with Gasteiger partial charge in [-0.1, -0.05) is 6.07 Å². The summed E-state index contributed by atoms with van der Waals surface area (Å²) >= 11 is 0. The molecule has 2 amide bonds. The Bertz CT molecular complexity index is 1130. The van der Waals surface area contributed by atoms with Gasteiger partial charge in [0.1, 0.15) is 17.2 Å². The molecule has 0 spiro atoms. The van der Waals surface area contributed by atoms with E-state index in [4.69, 9.17) is 4.42 Å². The van der Waals surface area contributed by atoms with E-state index >= 15 is 0 Å². The Labute approximate surface area is 177 Å². The van der Waals surface area contributed by atoms with Crippen LogP contribution in [0.1, 0.15) is 50.9 Å². The zero-order valence-corrected chi connectivity index (χ0v) is 17.1. The van der Waals surface area contributed by atoms with E-state index in [9.17, 15) is 19.7 Å². The molecular weight excluding hydrogens is 402 g/mol. The lowest BCUT2D eigenvalue weighted by molar-refractivity contribution is -0.384. The van der Waals surface area contributed by atoms with Gasteiger partial charge in [0.2, 0.25) is 0 Å². The lowest BCUT2D eigenvalue weighted by Crippen LogP contribution is -2.41. The Hall–Kier alpha value is -4.21. The highest BCUT2D eigenvalue weighted by atomic mass is 16.6. The predicted octanol–water partition coefficient (Wildman–Crippen LogP) is 3.45. The number of nitrogens with one attached hydrogen (secondary N) is 3. The van der Waals surface area contributed by atoms with Crippen molar-refractivity contribution >= 4 is 23.2 Å². The Morgan fingerprint density at radius 2 is 1.84 bits per heavy atom. The molecule has 0 aliphatic rings. The van der Waals surface area contributed by atoms with Crippen molar-refractivity contribution in [2.45, 2.75) is 26.8 Å². The standard InChI is InChI=1S/C21H21N5O5/c1-12-10-16(14(3)31-12)21(28)25-24-20(27)15-7-8-18(19(11-15)26(29)30)23-13(2)17-6-4-5-9-22-17/h4-11,13,23H,1-3H3,(H,24,27)(H,25,28). The van der Waals surface area contributed by atoms with Gasteiger partial charge in [0, 0.05) is 17.8 Å². The number of nitro groups is 1. The number of rotatable bonds is 6. The predicted molar refractivity (Wildman–Crippen MR) is 112 cm³/mol. The molecule has 3 rings (SSSR count). The van der Waals surface area contributed by atoms with Crippen LogP contribution in [0.4, 0.5) is 11.4 Å². The van der Waals surface area contributed by atoms with Crippen LogP contribution in [-0.4, -0.2) is 21.7 Å². The second-order valence-electron chi connectivity index (χ2n) is 6.84. The van der Waals surface area contributed by atoms with Gasteiger partial charge in [-0.2, -0.15) is 0 Å². The van der Waals surface area contributed by atoms with Gasteiger partial charge in [-0.25, -0.2) is 0 Å². The molecule has 160 valence electrons. The zero-order valence-electron chi connectivity index (χ0n) is 17.1. The molecule has 1 aromatic carbocycles. The number of aromatic nitrogens is 1. The highest BCUT2D eigenvalue weighted by molar-refractivity contribution is 6.00. The third-order valence-corrected chi connectivity index (χ3v) is 4.54. The maximum atomic E-state index is 12.4. The summed E-state index contributed by atoms with van der Waals surface area (Å²) in [5, 5.41) is 14.6. The number of nitrogens with zero attached hydrogens (tertiary/aromatic N) is 2. The number of carbonyl (C=O) groups excluding carboxylic acids is 2. The summed E-state index contributed by atoms with van der Waals surface area (Å²) in [5.41, 5.74) is 5.51. The first kappa shape index (κ1) is 21.5. The number of hydrogen-bond donors (Lipinski definition) is 3. The summed E-state index contributed by atoms with van der Waals surface area (Å²) in [6.07, 6.45) is 1.63. The molecule has 10 heteroatoms. The molecule has 0 saturated heterocycles. The number of furan rings is 1. The fourth-order valence-corrected chi connectivity index (χ4v) is 2.99. The Kier molecular flexibility index (Phi) is 6.29. The first-order valence-corrected chi connectivity index (χ1v) is 9.40. The first-order chi connectivity index (χ1) is 14.8. The van der Waals surface area contributed by atoms with E-state index in [0.29, 0.717) is 17.2 Å². The normalized spacial score (nSPS) is 11.5. The van der Waals surface area contributed by atoms with Crippen LogP contribution in [0.25, 0.3) is 0 Å². The van der Waals surface area contributed by atoms with Crippen LogP contribution < -0.4 is 16.2 Å². The molecule has 0 aliphatic carbocycles. The molecule has 0 aliphatic heterocycles. The number of pyridine rings is 1. The van der Waals surface area contributed by atoms with Crippen molar-refractivity contribution in [1.29, 1.82) is 0 Å². The summed E-state index contributed by atoms with van der Waals surface area (Å²) in [5.74, 6) is -0.275. The number of anilines is 1. The van der Waals surface area contributed by atoms with E-state index in [2.05, 4.69) is 21.2 Å². The molecule has 31 heavy (non-hydrogen) atoms. The van der Waals surface area contributed by atoms with Crippen molar-refractivity contribution in [3.63, 3.8) is 0 Å². The molecule has 0 radical (unpaired) electrons. The molecule has 2 aromatic heterocycles. The lowest BCUT2D eigenvalue weighted by Gasteiger charge is -2.15. The third-order valence-electron chi connectivity index (χ3n) is 4.54. The van der Waals surface area contributed by atoms with Crippen molar-refractivity contribution < 1.29 is 18.9 Å². The molecule has 3 aromatic rings. The summed E-state index contributed by atoms with van der Waals surface area (Å²) in [7, 11) is 0. The van der Waals surface area contributed by atoms with Crippen LogP contribution in [0.15, 0.2) is 53.1 Å². The Morgan fingerprint density at radius 3 is 2.45 bits per heavy atom. The van der Waals surface area contributed by atoms with Gasteiger partial charge in [-0.3, -0.25) is 35.5 Å². The molecule has 0 bridgehead atoms. The fourth-order valence-electron chi connectivity index (χ4n) is 2.99. The minimum absolute atomic E-state index is 0.0168. The topological polar surface area (TPSA) is 139 Å². The number of amides is 2. The van der Waals surface area contributed by atoms with Gasteiger partial charge in [0.05, 0.1) is 22.2 Å². The molecular formula is C21H21N5O5. The fraction of sp³-hybridized carbons (Fsp3) is 0.190. The minimum Gasteiger partial charge on any atom is -0.466 e. The van der Waals surface area contributed by atoms with Crippen molar-refractivity contribution in [2.75, 3.05) is 5.32 Å². The monoisotopic (exact) mass is 423 g/mol. The largest absolute Gasteiger partial charge is 0.466 e. The maximum Gasteiger partial charge on any atom is 0.293 e. The smallest absolute Gasteiger partial charge is 0.293 e. The van der Waals surface area contributed by atoms with Crippen LogP contribution in [0.5, 0.6) is 0 Å². The first-order valence-electron chi connectivity index (χ1n) is 9.40. The van der Waals surface area contributed by atoms with E-state index in [1.54, 1.807) is 38.2 Å². The number of hydrogen-bond acceptors (Lipinski definition) is 7. The van der Waals surface area contributed by atoms with Gasteiger partial charge in [-0.15, -0.1) is 0 Å². The number of hydrazine groups is 1. The van der Waals surface area contributed by atoms with Gasteiger partial charge >= 0.3 is 0 Å². The Balaban J connectivity index is 1.72. The number of carbonyl (C=O) groups is 2. The van der Waals surface area contributed by atoms with Crippen LogP contribution in [0.2, 0.25) is 0 Å². The third kappa shape index (κ3) is 5.04. The van der Waals surface area contributed by atoms with E-state index in [1.807, 2.05) is 13.0 Å².